The standard InChI is InChI=1S/C12H12OS2/c1-3-15-12(14)8-11(13)10-6-4-9(2)5-7-10/h3-7H,1,8H2,2H3. The predicted molar refractivity (Wildman–Crippen MR) is 70.5 cm³/mol. The number of benzene rings is 1. The van der Waals surface area contributed by atoms with Crippen molar-refractivity contribution < 1.29 is 4.79 Å². The summed E-state index contributed by atoms with van der Waals surface area (Å²) in [7, 11) is 0. The highest BCUT2D eigenvalue weighted by atomic mass is 32.2. The molecule has 3 heteroatoms. The topological polar surface area (TPSA) is 17.1 Å². The van der Waals surface area contributed by atoms with Crippen molar-refractivity contribution in [1.82, 2.24) is 0 Å². The Hall–Kier alpha value is -0.930. The fraction of sp³-hybridized carbons (Fsp3) is 0.167. The summed E-state index contributed by atoms with van der Waals surface area (Å²) in [4.78, 5) is 11.7. The summed E-state index contributed by atoms with van der Waals surface area (Å²) in [6, 6.07) is 7.52. The molecule has 1 aromatic carbocycles. The van der Waals surface area contributed by atoms with Crippen LogP contribution in [0.2, 0.25) is 0 Å². The Labute approximate surface area is 99.6 Å². The molecule has 0 N–H and O–H groups in total. The van der Waals surface area contributed by atoms with Crippen molar-refractivity contribution in [2.75, 3.05) is 0 Å². The first-order valence-electron chi connectivity index (χ1n) is 4.53. The highest BCUT2D eigenvalue weighted by molar-refractivity contribution is 8.25. The lowest BCUT2D eigenvalue weighted by atomic mass is 10.1. The van der Waals surface area contributed by atoms with Gasteiger partial charge in [-0.1, -0.05) is 60.4 Å². The van der Waals surface area contributed by atoms with Crippen LogP contribution in [0.15, 0.2) is 36.3 Å². The molecule has 0 amide bonds. The van der Waals surface area contributed by atoms with Gasteiger partial charge in [0.05, 0.1) is 10.6 Å². The Morgan fingerprint density at radius 1 is 1.47 bits per heavy atom. The zero-order valence-electron chi connectivity index (χ0n) is 8.53. The first kappa shape index (κ1) is 12.1. The summed E-state index contributed by atoms with van der Waals surface area (Å²) in [5.74, 6) is 0.0642. The van der Waals surface area contributed by atoms with Crippen molar-refractivity contribution in [3.63, 3.8) is 0 Å². The first-order valence-corrected chi connectivity index (χ1v) is 5.82. The highest BCUT2D eigenvalue weighted by Crippen LogP contribution is 2.13. The lowest BCUT2D eigenvalue weighted by molar-refractivity contribution is 0.100. The van der Waals surface area contributed by atoms with E-state index < -0.39 is 0 Å². The number of aryl methyl sites for hydroxylation is 1. The molecule has 0 atom stereocenters. The summed E-state index contributed by atoms with van der Waals surface area (Å²) in [5.41, 5.74) is 1.86. The fourth-order valence-electron chi connectivity index (χ4n) is 1.11. The largest absolute Gasteiger partial charge is 0.294 e. The zero-order valence-corrected chi connectivity index (χ0v) is 10.2. The molecule has 1 rings (SSSR count). The van der Waals surface area contributed by atoms with E-state index in [1.165, 1.54) is 11.8 Å². The van der Waals surface area contributed by atoms with Crippen molar-refractivity contribution in [3.05, 3.63) is 47.4 Å². The van der Waals surface area contributed by atoms with E-state index in [0.29, 0.717) is 16.2 Å². The van der Waals surface area contributed by atoms with Gasteiger partial charge in [-0.25, -0.2) is 0 Å². The average Bonchev–Trinajstić information content (AvgIpc) is 2.18. The SMILES string of the molecule is C=CSC(=S)CC(=O)c1ccc(C)cc1. The molecule has 0 unspecified atom stereocenters. The van der Waals surface area contributed by atoms with Gasteiger partial charge in [0.2, 0.25) is 0 Å². The fourth-order valence-corrected chi connectivity index (χ4v) is 1.84. The predicted octanol–water partition coefficient (Wildman–Crippen LogP) is 3.77. The van der Waals surface area contributed by atoms with E-state index in [4.69, 9.17) is 12.2 Å². The summed E-state index contributed by atoms with van der Waals surface area (Å²) in [5, 5.41) is 1.64. The van der Waals surface area contributed by atoms with Crippen LogP contribution in [-0.2, 0) is 0 Å². The van der Waals surface area contributed by atoms with E-state index in [9.17, 15) is 4.79 Å². The summed E-state index contributed by atoms with van der Waals surface area (Å²) in [6.45, 7) is 5.55. The third kappa shape index (κ3) is 3.98. The monoisotopic (exact) mass is 236 g/mol. The molecule has 78 valence electrons. The average molecular weight is 236 g/mol. The maximum Gasteiger partial charge on any atom is 0.168 e. The van der Waals surface area contributed by atoms with Gasteiger partial charge in [-0.3, -0.25) is 4.79 Å². The van der Waals surface area contributed by atoms with Gasteiger partial charge in [-0.2, -0.15) is 0 Å². The van der Waals surface area contributed by atoms with E-state index in [1.54, 1.807) is 5.41 Å². The number of hydrogen-bond donors (Lipinski definition) is 0. The minimum absolute atomic E-state index is 0.0642. The van der Waals surface area contributed by atoms with Crippen LogP contribution in [0, 0.1) is 6.92 Å². The van der Waals surface area contributed by atoms with Crippen LogP contribution in [0.3, 0.4) is 0 Å². The number of carbonyl (C=O) groups is 1. The molecule has 0 saturated heterocycles. The number of Topliss-reactive ketones (excluding diaryl/α,β-unsaturated/α-hetero) is 1. The van der Waals surface area contributed by atoms with E-state index in [-0.39, 0.29) is 5.78 Å². The minimum Gasteiger partial charge on any atom is -0.294 e. The Morgan fingerprint density at radius 2 is 2.07 bits per heavy atom. The van der Waals surface area contributed by atoms with Gasteiger partial charge in [-0.05, 0) is 12.3 Å². The molecule has 1 nitrogen and oxygen atoms in total. The lowest BCUT2D eigenvalue weighted by Crippen LogP contribution is -2.03. The number of ketones is 1. The van der Waals surface area contributed by atoms with Crippen LogP contribution in [0.5, 0.6) is 0 Å². The highest BCUT2D eigenvalue weighted by Gasteiger charge is 2.07. The summed E-state index contributed by atoms with van der Waals surface area (Å²) in [6.07, 6.45) is 0.301. The van der Waals surface area contributed by atoms with Crippen LogP contribution in [0.1, 0.15) is 22.3 Å². The third-order valence-corrected chi connectivity index (χ3v) is 2.90. The molecule has 0 aliphatic rings. The third-order valence-electron chi connectivity index (χ3n) is 1.89. The van der Waals surface area contributed by atoms with Crippen molar-refractivity contribution in [3.8, 4) is 0 Å². The Morgan fingerprint density at radius 3 is 2.60 bits per heavy atom. The molecule has 0 radical (unpaired) electrons. The van der Waals surface area contributed by atoms with Crippen LogP contribution in [0.25, 0.3) is 0 Å². The summed E-state index contributed by atoms with van der Waals surface area (Å²) < 4.78 is 0.663. The molecule has 15 heavy (non-hydrogen) atoms. The normalized spacial score (nSPS) is 9.67. The van der Waals surface area contributed by atoms with Crippen molar-refractivity contribution in [2.24, 2.45) is 0 Å². The van der Waals surface area contributed by atoms with E-state index in [1.807, 2.05) is 31.2 Å². The van der Waals surface area contributed by atoms with Crippen LogP contribution >= 0.6 is 24.0 Å². The second-order valence-electron chi connectivity index (χ2n) is 3.12. The molecule has 0 aliphatic heterocycles. The van der Waals surface area contributed by atoms with Crippen LogP contribution in [-0.4, -0.2) is 9.98 Å². The number of hydrogen-bond acceptors (Lipinski definition) is 3. The first-order chi connectivity index (χ1) is 7.13. The molecule has 0 spiro atoms. The summed E-state index contributed by atoms with van der Waals surface area (Å²) >= 11 is 6.36. The number of carbonyl (C=O) groups excluding carboxylic acids is 1. The van der Waals surface area contributed by atoms with Crippen molar-refractivity contribution >= 4 is 34.0 Å². The maximum absolute atomic E-state index is 11.7. The van der Waals surface area contributed by atoms with Crippen LogP contribution in [0.4, 0.5) is 0 Å². The molecular formula is C12H12OS2. The number of rotatable bonds is 4. The molecule has 1 aromatic rings. The molecule has 0 fully saturated rings. The van der Waals surface area contributed by atoms with E-state index in [2.05, 4.69) is 6.58 Å². The molecule has 0 heterocycles. The Balaban J connectivity index is 2.65. The van der Waals surface area contributed by atoms with Gasteiger partial charge in [-0.15, -0.1) is 0 Å². The van der Waals surface area contributed by atoms with Crippen LogP contribution < -0.4 is 0 Å². The molecule has 0 bridgehead atoms. The maximum atomic E-state index is 11.7. The van der Waals surface area contributed by atoms with E-state index >= 15 is 0 Å². The van der Waals surface area contributed by atoms with Crippen molar-refractivity contribution in [1.29, 1.82) is 0 Å². The van der Waals surface area contributed by atoms with Gasteiger partial charge in [0.15, 0.2) is 5.78 Å². The van der Waals surface area contributed by atoms with Gasteiger partial charge in [0.1, 0.15) is 0 Å². The Bertz CT molecular complexity index is 379. The van der Waals surface area contributed by atoms with Crippen molar-refractivity contribution in [2.45, 2.75) is 13.3 Å². The number of thiocarbonyl (C=S) groups is 1. The van der Waals surface area contributed by atoms with Gasteiger partial charge >= 0.3 is 0 Å². The Kier molecular flexibility index (Phi) is 4.72. The quantitative estimate of drug-likeness (QED) is 0.585. The minimum atomic E-state index is 0.0642. The van der Waals surface area contributed by atoms with Gasteiger partial charge in [0, 0.05) is 5.56 Å². The van der Waals surface area contributed by atoms with Gasteiger partial charge < -0.3 is 0 Å². The second kappa shape index (κ2) is 5.83. The number of thioether (sulfide) groups is 1. The van der Waals surface area contributed by atoms with E-state index in [0.717, 1.165) is 5.56 Å². The van der Waals surface area contributed by atoms with Gasteiger partial charge in [0.25, 0.3) is 0 Å². The molecule has 0 aromatic heterocycles. The smallest absolute Gasteiger partial charge is 0.168 e. The zero-order chi connectivity index (χ0) is 11.3. The molecular weight excluding hydrogens is 224 g/mol. The molecule has 0 saturated carbocycles. The second-order valence-corrected chi connectivity index (χ2v) is 4.94. The molecule has 0 aliphatic carbocycles. The lowest BCUT2D eigenvalue weighted by Gasteiger charge is -2.01.